The Labute approximate surface area is 281 Å². The van der Waals surface area contributed by atoms with Gasteiger partial charge in [0.1, 0.15) is 0 Å². The van der Waals surface area contributed by atoms with Gasteiger partial charge in [-0.2, -0.15) is 16.8 Å². The molecule has 0 bridgehead atoms. The van der Waals surface area contributed by atoms with Gasteiger partial charge in [0, 0.05) is 33.0 Å². The second-order valence-corrected chi connectivity index (χ2v) is 14.8. The Kier molecular flexibility index (Phi) is 5.87. The average molecular weight is 703 g/mol. The van der Waals surface area contributed by atoms with Crippen LogP contribution in [0.2, 0.25) is 0 Å². The van der Waals surface area contributed by atoms with Crippen molar-refractivity contribution < 1.29 is 45.1 Å². The number of imide groups is 2. The Hall–Kier alpha value is -6.06. The fraction of sp³-hybridized carbons (Fsp3) is 0. The van der Waals surface area contributed by atoms with Crippen molar-refractivity contribution in [3.8, 4) is 0 Å². The number of anilines is 2. The minimum absolute atomic E-state index is 0.0353. The third-order valence-electron chi connectivity index (χ3n) is 9.38. The average Bonchev–Trinajstić information content (AvgIpc) is 3.08. The van der Waals surface area contributed by atoms with Gasteiger partial charge in [-0.05, 0) is 93.0 Å². The smallest absolute Gasteiger partial charge is 0.282 e. The molecule has 0 fully saturated rings. The SMILES string of the molecule is O=C1c2ccc3c4ccc5c6c(ccc(c7ccc(c2c37)C(=O)N1c1cccc(S(=O)(=O)O)c1)c64)C(=O)N(c1cccc(S(=O)(=O)O)c1)C5=O. The van der Waals surface area contributed by atoms with E-state index in [2.05, 4.69) is 0 Å². The summed E-state index contributed by atoms with van der Waals surface area (Å²) in [6, 6.07) is 23.0. The number of amides is 4. The largest absolute Gasteiger partial charge is 0.294 e. The van der Waals surface area contributed by atoms with Crippen molar-refractivity contribution in [1.82, 2.24) is 0 Å². The Morgan fingerprint density at radius 1 is 0.400 bits per heavy atom. The quantitative estimate of drug-likeness (QED) is 0.0979. The molecule has 0 aromatic heterocycles. The van der Waals surface area contributed by atoms with E-state index in [-0.39, 0.29) is 33.6 Å². The highest BCUT2D eigenvalue weighted by Gasteiger charge is 2.38. The molecule has 0 unspecified atom stereocenters. The lowest BCUT2D eigenvalue weighted by Crippen LogP contribution is -2.40. The summed E-state index contributed by atoms with van der Waals surface area (Å²) < 4.78 is 66.3. The maximum Gasteiger partial charge on any atom is 0.294 e. The summed E-state index contributed by atoms with van der Waals surface area (Å²) in [5, 5.41) is 4.64. The number of rotatable bonds is 4. The third-order valence-corrected chi connectivity index (χ3v) is 11.1. The van der Waals surface area contributed by atoms with E-state index in [1.165, 1.54) is 24.3 Å². The molecule has 0 atom stereocenters. The first-order valence-corrected chi connectivity index (χ1v) is 17.8. The molecule has 2 heterocycles. The first kappa shape index (κ1) is 30.0. The van der Waals surface area contributed by atoms with Crippen LogP contribution in [0, 0.1) is 0 Å². The van der Waals surface area contributed by atoms with Crippen molar-refractivity contribution >= 4 is 98.3 Å². The molecule has 2 N–H and O–H groups in total. The molecule has 7 aromatic rings. The van der Waals surface area contributed by atoms with Crippen LogP contribution in [0.3, 0.4) is 0 Å². The van der Waals surface area contributed by atoms with Gasteiger partial charge in [-0.3, -0.25) is 28.3 Å². The molecule has 0 spiro atoms. The maximum atomic E-state index is 13.9. The van der Waals surface area contributed by atoms with E-state index in [1.54, 1.807) is 48.5 Å². The van der Waals surface area contributed by atoms with E-state index in [1.807, 2.05) is 0 Å². The van der Waals surface area contributed by atoms with E-state index < -0.39 is 53.7 Å². The van der Waals surface area contributed by atoms with E-state index in [0.717, 1.165) is 34.1 Å². The molecule has 4 amide bonds. The highest BCUT2D eigenvalue weighted by molar-refractivity contribution is 7.86. The fourth-order valence-corrected chi connectivity index (χ4v) is 8.34. The van der Waals surface area contributed by atoms with Crippen molar-refractivity contribution in [2.75, 3.05) is 9.80 Å². The van der Waals surface area contributed by atoms with Gasteiger partial charge in [0.15, 0.2) is 0 Å². The Bertz CT molecular complexity index is 2700. The summed E-state index contributed by atoms with van der Waals surface area (Å²) in [5.41, 5.74) is 0.706. The van der Waals surface area contributed by atoms with Gasteiger partial charge in [0.05, 0.1) is 21.2 Å². The lowest BCUT2D eigenvalue weighted by molar-refractivity contribution is 0.0877. The first-order chi connectivity index (χ1) is 23.8. The predicted octanol–water partition coefficient (Wildman–Crippen LogP) is 5.83. The van der Waals surface area contributed by atoms with Gasteiger partial charge in [0.25, 0.3) is 43.9 Å². The number of hydrogen-bond acceptors (Lipinski definition) is 8. The number of carbonyl (C=O) groups excluding carboxylic acids is 4. The third kappa shape index (κ3) is 3.92. The lowest BCUT2D eigenvalue weighted by Gasteiger charge is -2.30. The molecule has 0 aliphatic carbocycles. The van der Waals surface area contributed by atoms with Crippen LogP contribution in [0.15, 0.2) is 107 Å². The number of hydrogen-bond donors (Lipinski definition) is 2. The van der Waals surface area contributed by atoms with Crippen LogP contribution in [-0.4, -0.2) is 49.6 Å². The van der Waals surface area contributed by atoms with Crippen LogP contribution in [0.1, 0.15) is 41.4 Å². The molecule has 9 rings (SSSR count). The Morgan fingerprint density at radius 2 is 0.700 bits per heavy atom. The molecule has 0 radical (unpaired) electrons. The first-order valence-electron chi connectivity index (χ1n) is 14.9. The van der Waals surface area contributed by atoms with Crippen LogP contribution in [0.4, 0.5) is 11.4 Å². The number of nitrogens with zero attached hydrogens (tertiary/aromatic N) is 2. The zero-order valence-corrected chi connectivity index (χ0v) is 26.7. The van der Waals surface area contributed by atoms with Crippen LogP contribution < -0.4 is 9.80 Å². The molecule has 7 aromatic carbocycles. The molecule has 0 saturated heterocycles. The topological polar surface area (TPSA) is 184 Å². The molecular formula is C36H18N2O10S2. The minimum atomic E-state index is -4.61. The summed E-state index contributed by atoms with van der Waals surface area (Å²) in [4.78, 5) is 56.5. The number of fused-ring (bicyclic) bond motifs is 2. The molecule has 12 nitrogen and oxygen atoms in total. The highest BCUT2D eigenvalue weighted by Crippen LogP contribution is 2.47. The predicted molar refractivity (Wildman–Crippen MR) is 182 cm³/mol. The second kappa shape index (κ2) is 9.77. The summed E-state index contributed by atoms with van der Waals surface area (Å²) >= 11 is 0. The second-order valence-electron chi connectivity index (χ2n) is 12.0. The Morgan fingerprint density at radius 3 is 0.980 bits per heavy atom. The molecule has 2 aliphatic rings. The summed E-state index contributed by atoms with van der Waals surface area (Å²) in [7, 11) is -9.23. The summed E-state index contributed by atoms with van der Waals surface area (Å²) in [5.74, 6) is -2.76. The lowest BCUT2D eigenvalue weighted by atomic mass is 9.82. The Balaban J connectivity index is 1.26. The van der Waals surface area contributed by atoms with Crippen molar-refractivity contribution in [2.24, 2.45) is 0 Å². The number of benzene rings is 7. The van der Waals surface area contributed by atoms with Crippen molar-refractivity contribution in [2.45, 2.75) is 9.79 Å². The molecule has 14 heteroatoms. The zero-order valence-electron chi connectivity index (χ0n) is 25.1. The molecule has 2 aliphatic heterocycles. The van der Waals surface area contributed by atoms with Crippen LogP contribution in [-0.2, 0) is 20.2 Å². The normalized spacial score (nSPS) is 15.0. The van der Waals surface area contributed by atoms with Crippen molar-refractivity contribution in [3.05, 3.63) is 119 Å². The van der Waals surface area contributed by atoms with Crippen LogP contribution in [0.25, 0.3) is 43.1 Å². The maximum absolute atomic E-state index is 13.9. The highest BCUT2D eigenvalue weighted by atomic mass is 32.2. The van der Waals surface area contributed by atoms with Crippen LogP contribution in [0.5, 0.6) is 0 Å². The monoisotopic (exact) mass is 702 g/mol. The van der Waals surface area contributed by atoms with Gasteiger partial charge >= 0.3 is 0 Å². The summed E-state index contributed by atoms with van der Waals surface area (Å²) in [6.07, 6.45) is 0. The van der Waals surface area contributed by atoms with E-state index in [0.29, 0.717) is 43.1 Å². The fourth-order valence-electron chi connectivity index (χ4n) is 7.30. The molecule has 244 valence electrons. The van der Waals surface area contributed by atoms with E-state index >= 15 is 0 Å². The van der Waals surface area contributed by atoms with E-state index in [4.69, 9.17) is 0 Å². The summed E-state index contributed by atoms with van der Waals surface area (Å²) in [6.45, 7) is 0. The van der Waals surface area contributed by atoms with Crippen molar-refractivity contribution in [3.63, 3.8) is 0 Å². The molecule has 0 saturated carbocycles. The van der Waals surface area contributed by atoms with Crippen LogP contribution >= 0.6 is 0 Å². The minimum Gasteiger partial charge on any atom is -0.282 e. The molecule has 50 heavy (non-hydrogen) atoms. The zero-order chi connectivity index (χ0) is 35.0. The number of carbonyl (C=O) groups is 4. The van der Waals surface area contributed by atoms with Gasteiger partial charge in [0.2, 0.25) is 0 Å². The van der Waals surface area contributed by atoms with Gasteiger partial charge in [-0.1, -0.05) is 36.4 Å². The van der Waals surface area contributed by atoms with Crippen molar-refractivity contribution in [1.29, 1.82) is 0 Å². The van der Waals surface area contributed by atoms with E-state index in [9.17, 15) is 45.1 Å². The molecular weight excluding hydrogens is 685 g/mol. The standard InChI is InChI=1S/C36H18N2O10S2/c39-33-25-11-7-21-23-9-13-27-32-28(36(42)38(35(27)41)18-4-2-6-20(16-18)50(46,47)48)14-10-24(30(23)32)22-8-12-26(31(25)29(21)22)34(40)37(33)17-3-1-5-19(15-17)49(43,44)45/h1-16H,(H,43,44,45)(H,46,47,48). The van der Waals surface area contributed by atoms with Gasteiger partial charge < -0.3 is 0 Å². The van der Waals surface area contributed by atoms with Gasteiger partial charge in [-0.25, -0.2) is 9.80 Å². The van der Waals surface area contributed by atoms with Gasteiger partial charge in [-0.15, -0.1) is 0 Å².